The van der Waals surface area contributed by atoms with Crippen molar-refractivity contribution in [3.05, 3.63) is 90.5 Å². The van der Waals surface area contributed by atoms with Gasteiger partial charge in [-0.05, 0) is 30.3 Å². The highest BCUT2D eigenvalue weighted by Gasteiger charge is 2.21. The molecule has 0 heterocycles. The largest absolute Gasteiger partial charge is 0.291 e. The number of halogens is 1. The van der Waals surface area contributed by atoms with Crippen molar-refractivity contribution < 1.29 is 4.79 Å². The Bertz CT molecular complexity index is 806. The van der Waals surface area contributed by atoms with Gasteiger partial charge in [0.05, 0.1) is 0 Å². The molecule has 0 fully saturated rings. The van der Waals surface area contributed by atoms with E-state index in [-0.39, 0.29) is 5.78 Å². The first kappa shape index (κ1) is 17.2. The molecule has 0 N–H and O–H groups in total. The van der Waals surface area contributed by atoms with Crippen molar-refractivity contribution in [1.29, 1.82) is 0 Å². The summed E-state index contributed by atoms with van der Waals surface area (Å²) in [5.74, 6) is -0.0652. The van der Waals surface area contributed by atoms with Crippen LogP contribution >= 0.6 is 35.1 Å². The zero-order valence-electron chi connectivity index (χ0n) is 12.8. The van der Waals surface area contributed by atoms with E-state index in [1.54, 1.807) is 11.8 Å². The van der Waals surface area contributed by atoms with Crippen molar-refractivity contribution in [2.75, 3.05) is 0 Å². The van der Waals surface area contributed by atoms with Gasteiger partial charge in [-0.3, -0.25) is 4.79 Å². The van der Waals surface area contributed by atoms with Crippen LogP contribution in [0.2, 0.25) is 0 Å². The predicted molar refractivity (Wildman–Crippen MR) is 103 cm³/mol. The molecular weight excluding hydrogens is 356 g/mol. The van der Waals surface area contributed by atoms with Crippen LogP contribution in [-0.2, 0) is 0 Å². The van der Waals surface area contributed by atoms with E-state index in [2.05, 4.69) is 0 Å². The molecule has 0 bridgehead atoms. The van der Waals surface area contributed by atoms with Crippen LogP contribution in [0, 0.1) is 0 Å². The highest BCUT2D eigenvalue weighted by molar-refractivity contribution is 8.02. The molecule has 0 aliphatic carbocycles. The number of hydrogen-bond donors (Lipinski definition) is 0. The predicted octanol–water partition coefficient (Wildman–Crippen LogP) is 6.38. The maximum atomic E-state index is 12.8. The summed E-state index contributed by atoms with van der Waals surface area (Å²) in [6.07, 6.45) is 0. The summed E-state index contributed by atoms with van der Waals surface area (Å²) < 4.78 is -0.648. The van der Waals surface area contributed by atoms with E-state index in [0.29, 0.717) is 5.56 Å². The minimum Gasteiger partial charge on any atom is -0.291 e. The summed E-state index contributed by atoms with van der Waals surface area (Å²) in [6, 6.07) is 27.4. The lowest BCUT2D eigenvalue weighted by atomic mass is 10.1. The molecule has 0 aliphatic heterocycles. The summed E-state index contributed by atoms with van der Waals surface area (Å²) in [5, 5.41) is 0. The van der Waals surface area contributed by atoms with E-state index in [9.17, 15) is 4.79 Å². The molecule has 0 radical (unpaired) electrons. The van der Waals surface area contributed by atoms with Gasteiger partial charge in [0, 0.05) is 20.2 Å². The Labute approximate surface area is 155 Å². The monoisotopic (exact) mass is 370 g/mol. The normalized spacial score (nSPS) is 11.9. The SMILES string of the molecule is O=C(c1ccccc1Sc1ccccc1)C(Cl)Sc1ccccc1. The van der Waals surface area contributed by atoms with E-state index in [0.717, 1.165) is 14.7 Å². The van der Waals surface area contributed by atoms with Crippen molar-refractivity contribution in [1.82, 2.24) is 0 Å². The minimum atomic E-state index is -0.648. The van der Waals surface area contributed by atoms with Gasteiger partial charge < -0.3 is 0 Å². The van der Waals surface area contributed by atoms with E-state index >= 15 is 0 Å². The molecule has 0 saturated heterocycles. The van der Waals surface area contributed by atoms with Crippen molar-refractivity contribution in [2.24, 2.45) is 0 Å². The maximum Gasteiger partial charge on any atom is 0.192 e. The number of alkyl halides is 1. The molecule has 1 nitrogen and oxygen atoms in total. The second kappa shape index (κ2) is 8.43. The molecule has 1 unspecified atom stereocenters. The maximum absolute atomic E-state index is 12.8. The van der Waals surface area contributed by atoms with Gasteiger partial charge in [-0.1, -0.05) is 78.1 Å². The van der Waals surface area contributed by atoms with E-state index in [1.165, 1.54) is 11.8 Å². The standard InChI is InChI=1S/C20H15ClOS2/c21-20(24-16-11-5-2-6-12-16)19(22)17-13-7-8-14-18(17)23-15-9-3-1-4-10-15/h1-14,20H. The highest BCUT2D eigenvalue weighted by Crippen LogP contribution is 2.34. The summed E-state index contributed by atoms with van der Waals surface area (Å²) >= 11 is 9.33. The van der Waals surface area contributed by atoms with Crippen LogP contribution in [-0.4, -0.2) is 10.5 Å². The lowest BCUT2D eigenvalue weighted by molar-refractivity contribution is 0.101. The number of thioether (sulfide) groups is 1. The van der Waals surface area contributed by atoms with Crippen LogP contribution < -0.4 is 0 Å². The molecule has 3 aromatic rings. The fourth-order valence-electron chi connectivity index (χ4n) is 2.17. The third-order valence-electron chi connectivity index (χ3n) is 3.31. The van der Waals surface area contributed by atoms with E-state index in [1.807, 2.05) is 84.9 Å². The number of hydrogen-bond acceptors (Lipinski definition) is 3. The van der Waals surface area contributed by atoms with Gasteiger partial charge in [-0.25, -0.2) is 0 Å². The second-order valence-corrected chi connectivity index (χ2v) is 8.01. The number of carbonyl (C=O) groups excluding carboxylic acids is 1. The van der Waals surface area contributed by atoms with Crippen LogP contribution in [0.15, 0.2) is 99.6 Å². The lowest BCUT2D eigenvalue weighted by Crippen LogP contribution is -2.12. The van der Waals surface area contributed by atoms with Crippen molar-refractivity contribution in [2.45, 2.75) is 19.4 Å². The first-order valence-corrected chi connectivity index (χ1v) is 9.59. The fourth-order valence-corrected chi connectivity index (χ4v) is 4.35. The molecule has 4 heteroatoms. The van der Waals surface area contributed by atoms with Crippen LogP contribution in [0.5, 0.6) is 0 Å². The second-order valence-electron chi connectivity index (χ2n) is 5.02. The number of Topliss-reactive ketones (excluding diaryl/α,β-unsaturated/α-hetero) is 1. The Kier molecular flexibility index (Phi) is 6.02. The van der Waals surface area contributed by atoms with Crippen LogP contribution in [0.3, 0.4) is 0 Å². The number of carbonyl (C=O) groups is 1. The Balaban J connectivity index is 1.79. The molecule has 0 spiro atoms. The highest BCUT2D eigenvalue weighted by atomic mass is 35.5. The fraction of sp³-hybridized carbons (Fsp3) is 0.0500. The lowest BCUT2D eigenvalue weighted by Gasteiger charge is -2.12. The van der Waals surface area contributed by atoms with Crippen LogP contribution in [0.25, 0.3) is 0 Å². The quantitative estimate of drug-likeness (QED) is 0.285. The van der Waals surface area contributed by atoms with Gasteiger partial charge in [-0.15, -0.1) is 11.6 Å². The Hall–Kier alpha value is -1.68. The minimum absolute atomic E-state index is 0.0652. The van der Waals surface area contributed by atoms with Crippen LogP contribution in [0.1, 0.15) is 10.4 Å². The number of rotatable bonds is 6. The smallest absolute Gasteiger partial charge is 0.192 e. The van der Waals surface area contributed by atoms with Gasteiger partial charge in [0.1, 0.15) is 4.71 Å². The molecule has 0 saturated carbocycles. The van der Waals surface area contributed by atoms with E-state index in [4.69, 9.17) is 11.6 Å². The molecule has 24 heavy (non-hydrogen) atoms. The first-order valence-electron chi connectivity index (χ1n) is 7.46. The molecule has 0 amide bonds. The molecule has 120 valence electrons. The zero-order valence-corrected chi connectivity index (χ0v) is 15.2. The molecular formula is C20H15ClOS2. The van der Waals surface area contributed by atoms with Gasteiger partial charge in [0.2, 0.25) is 0 Å². The molecule has 3 rings (SSSR count). The third kappa shape index (κ3) is 4.44. The Morgan fingerprint density at radius 3 is 1.96 bits per heavy atom. The van der Waals surface area contributed by atoms with Gasteiger partial charge in [0.15, 0.2) is 5.78 Å². The molecule has 1 atom stereocenters. The molecule has 0 aromatic heterocycles. The Morgan fingerprint density at radius 2 is 1.29 bits per heavy atom. The van der Waals surface area contributed by atoms with Crippen molar-refractivity contribution in [3.63, 3.8) is 0 Å². The van der Waals surface area contributed by atoms with Gasteiger partial charge in [-0.2, -0.15) is 0 Å². The number of benzene rings is 3. The van der Waals surface area contributed by atoms with E-state index < -0.39 is 4.71 Å². The molecule has 0 aliphatic rings. The Morgan fingerprint density at radius 1 is 0.750 bits per heavy atom. The van der Waals surface area contributed by atoms with Crippen molar-refractivity contribution >= 4 is 40.9 Å². The molecule has 3 aromatic carbocycles. The summed E-state index contributed by atoms with van der Waals surface area (Å²) in [4.78, 5) is 15.8. The topological polar surface area (TPSA) is 17.1 Å². The summed E-state index contributed by atoms with van der Waals surface area (Å²) in [6.45, 7) is 0. The average Bonchev–Trinajstić information content (AvgIpc) is 2.63. The zero-order chi connectivity index (χ0) is 16.8. The van der Waals surface area contributed by atoms with Crippen LogP contribution in [0.4, 0.5) is 0 Å². The summed E-state index contributed by atoms with van der Waals surface area (Å²) in [7, 11) is 0. The average molecular weight is 371 g/mol. The number of ketones is 1. The third-order valence-corrected chi connectivity index (χ3v) is 5.83. The first-order chi connectivity index (χ1) is 11.7. The van der Waals surface area contributed by atoms with Gasteiger partial charge >= 0.3 is 0 Å². The van der Waals surface area contributed by atoms with Crippen molar-refractivity contribution in [3.8, 4) is 0 Å². The van der Waals surface area contributed by atoms with Gasteiger partial charge in [0.25, 0.3) is 0 Å². The summed E-state index contributed by atoms with van der Waals surface area (Å²) in [5.41, 5.74) is 0.662.